The fraction of sp³-hybridized carbons (Fsp3) is 0.440. The van der Waals surface area contributed by atoms with Crippen molar-refractivity contribution in [3.63, 3.8) is 0 Å². The molecule has 0 spiro atoms. The Morgan fingerprint density at radius 2 is 2.15 bits per heavy atom. The molecule has 1 atom stereocenters. The minimum Gasteiger partial charge on any atom is -0.492 e. The van der Waals surface area contributed by atoms with Crippen molar-refractivity contribution in [3.05, 3.63) is 47.3 Å². The lowest BCUT2D eigenvalue weighted by molar-refractivity contribution is 0.0635. The first kappa shape index (κ1) is 22.8. The summed E-state index contributed by atoms with van der Waals surface area (Å²) in [6, 6.07) is 7.49. The van der Waals surface area contributed by atoms with Crippen molar-refractivity contribution in [1.29, 1.82) is 5.41 Å². The summed E-state index contributed by atoms with van der Waals surface area (Å²) in [4.78, 5) is 20.1. The van der Waals surface area contributed by atoms with Crippen LogP contribution >= 0.6 is 0 Å². The van der Waals surface area contributed by atoms with Gasteiger partial charge in [0.05, 0.1) is 29.3 Å². The fourth-order valence-electron chi connectivity index (χ4n) is 4.53. The number of nitrogens with one attached hydrogen (secondary N) is 1. The van der Waals surface area contributed by atoms with E-state index in [2.05, 4.69) is 23.9 Å². The molecule has 1 aromatic carbocycles. The van der Waals surface area contributed by atoms with E-state index in [4.69, 9.17) is 15.9 Å². The van der Waals surface area contributed by atoms with Gasteiger partial charge in [0, 0.05) is 42.1 Å². The number of piperidine rings is 1. The number of hydrogen-bond acceptors (Lipinski definition) is 6. The number of amides is 1. The SMILES string of the molecule is CC(=N)c1c(N)cccc1OCC1CCCN(C(=O)c2cc(C)nc3c2cnn3C(C)C)C1. The van der Waals surface area contributed by atoms with Crippen LogP contribution in [0.5, 0.6) is 5.75 Å². The average molecular weight is 449 g/mol. The number of likely N-dealkylation sites (tertiary alicyclic amines) is 1. The van der Waals surface area contributed by atoms with Crippen LogP contribution in [0.25, 0.3) is 11.0 Å². The van der Waals surface area contributed by atoms with Gasteiger partial charge in [-0.15, -0.1) is 0 Å². The molecule has 1 amide bonds. The Bertz CT molecular complexity index is 1200. The van der Waals surface area contributed by atoms with E-state index in [-0.39, 0.29) is 17.9 Å². The number of fused-ring (bicyclic) bond motifs is 1. The van der Waals surface area contributed by atoms with E-state index in [1.807, 2.05) is 34.7 Å². The van der Waals surface area contributed by atoms with Gasteiger partial charge in [-0.2, -0.15) is 5.10 Å². The first-order valence-corrected chi connectivity index (χ1v) is 11.5. The highest BCUT2D eigenvalue weighted by atomic mass is 16.5. The zero-order valence-corrected chi connectivity index (χ0v) is 19.8. The molecule has 1 saturated heterocycles. The number of nitrogen functional groups attached to an aromatic ring is 1. The molecule has 1 fully saturated rings. The highest BCUT2D eigenvalue weighted by Gasteiger charge is 2.27. The van der Waals surface area contributed by atoms with Gasteiger partial charge in [0.2, 0.25) is 0 Å². The van der Waals surface area contributed by atoms with E-state index < -0.39 is 0 Å². The number of rotatable bonds is 6. The smallest absolute Gasteiger partial charge is 0.254 e. The van der Waals surface area contributed by atoms with Gasteiger partial charge in [0.15, 0.2) is 5.65 Å². The monoisotopic (exact) mass is 448 g/mol. The number of hydrogen-bond donors (Lipinski definition) is 2. The number of carbonyl (C=O) groups is 1. The number of nitrogens with zero attached hydrogens (tertiary/aromatic N) is 4. The molecular formula is C25H32N6O2. The molecule has 33 heavy (non-hydrogen) atoms. The molecule has 3 heterocycles. The number of aryl methyl sites for hydroxylation is 1. The second kappa shape index (κ2) is 9.21. The third kappa shape index (κ3) is 4.55. The Morgan fingerprint density at radius 3 is 2.88 bits per heavy atom. The Kier molecular flexibility index (Phi) is 6.35. The van der Waals surface area contributed by atoms with Crippen LogP contribution in [0.15, 0.2) is 30.5 Å². The third-order valence-electron chi connectivity index (χ3n) is 6.13. The Hall–Kier alpha value is -3.42. The topological polar surface area (TPSA) is 110 Å². The molecule has 0 saturated carbocycles. The highest BCUT2D eigenvalue weighted by Crippen LogP contribution is 2.28. The molecule has 1 aliphatic heterocycles. The fourth-order valence-corrected chi connectivity index (χ4v) is 4.53. The molecular weight excluding hydrogens is 416 g/mol. The van der Waals surface area contributed by atoms with E-state index in [9.17, 15) is 4.79 Å². The molecule has 0 aliphatic carbocycles. The van der Waals surface area contributed by atoms with Crippen molar-refractivity contribution < 1.29 is 9.53 Å². The summed E-state index contributed by atoms with van der Waals surface area (Å²) >= 11 is 0. The van der Waals surface area contributed by atoms with E-state index in [0.29, 0.717) is 41.4 Å². The van der Waals surface area contributed by atoms with Gasteiger partial charge >= 0.3 is 0 Å². The maximum Gasteiger partial charge on any atom is 0.254 e. The summed E-state index contributed by atoms with van der Waals surface area (Å²) in [5.74, 6) is 0.844. The van der Waals surface area contributed by atoms with Crippen molar-refractivity contribution in [2.45, 2.75) is 46.6 Å². The largest absolute Gasteiger partial charge is 0.492 e. The van der Waals surface area contributed by atoms with Crippen molar-refractivity contribution >= 4 is 28.3 Å². The van der Waals surface area contributed by atoms with Crippen LogP contribution in [0.2, 0.25) is 0 Å². The van der Waals surface area contributed by atoms with Crippen molar-refractivity contribution in [1.82, 2.24) is 19.7 Å². The van der Waals surface area contributed by atoms with Crippen molar-refractivity contribution in [3.8, 4) is 5.75 Å². The lowest BCUT2D eigenvalue weighted by atomic mass is 9.97. The Balaban J connectivity index is 1.51. The molecule has 0 radical (unpaired) electrons. The molecule has 1 aliphatic rings. The van der Waals surface area contributed by atoms with Crippen LogP contribution in [0.3, 0.4) is 0 Å². The number of anilines is 1. The maximum atomic E-state index is 13.5. The number of ether oxygens (including phenoxy) is 1. The number of nitrogens with two attached hydrogens (primary N) is 1. The molecule has 8 nitrogen and oxygen atoms in total. The van der Waals surface area contributed by atoms with Crippen LogP contribution in [-0.2, 0) is 0 Å². The van der Waals surface area contributed by atoms with Crippen LogP contribution in [0.1, 0.15) is 61.3 Å². The molecule has 3 aromatic rings. The summed E-state index contributed by atoms with van der Waals surface area (Å²) in [5.41, 5.74) is 9.82. The molecule has 8 heteroatoms. The first-order valence-electron chi connectivity index (χ1n) is 11.5. The molecule has 4 rings (SSSR count). The molecule has 174 valence electrons. The van der Waals surface area contributed by atoms with E-state index in [1.54, 1.807) is 19.2 Å². The summed E-state index contributed by atoms with van der Waals surface area (Å²) in [6.07, 6.45) is 3.66. The van der Waals surface area contributed by atoms with Crippen molar-refractivity contribution in [2.24, 2.45) is 5.92 Å². The average Bonchev–Trinajstić information content (AvgIpc) is 3.20. The van der Waals surface area contributed by atoms with Crippen molar-refractivity contribution in [2.75, 3.05) is 25.4 Å². The summed E-state index contributed by atoms with van der Waals surface area (Å²) in [5, 5.41) is 13.3. The summed E-state index contributed by atoms with van der Waals surface area (Å²) in [7, 11) is 0. The number of aromatic nitrogens is 3. The van der Waals surface area contributed by atoms with Gasteiger partial charge in [0.1, 0.15) is 5.75 Å². The number of carbonyl (C=O) groups excluding carboxylic acids is 1. The zero-order chi connectivity index (χ0) is 23.7. The van der Waals surface area contributed by atoms with Gasteiger partial charge < -0.3 is 20.8 Å². The minimum atomic E-state index is 0.0125. The van der Waals surface area contributed by atoms with E-state index >= 15 is 0 Å². The quantitative estimate of drug-likeness (QED) is 0.433. The molecule has 3 N–H and O–H groups in total. The molecule has 0 bridgehead atoms. The van der Waals surface area contributed by atoms with Crippen LogP contribution in [0, 0.1) is 18.3 Å². The van der Waals surface area contributed by atoms with Gasteiger partial charge in [-0.3, -0.25) is 4.79 Å². The first-order chi connectivity index (χ1) is 15.8. The zero-order valence-electron chi connectivity index (χ0n) is 19.8. The maximum absolute atomic E-state index is 13.5. The third-order valence-corrected chi connectivity index (χ3v) is 6.13. The molecule has 2 aromatic heterocycles. The summed E-state index contributed by atoms with van der Waals surface area (Å²) in [6.45, 7) is 9.55. The van der Waals surface area contributed by atoms with Crippen LogP contribution < -0.4 is 10.5 Å². The lowest BCUT2D eigenvalue weighted by Crippen LogP contribution is -2.41. The van der Waals surface area contributed by atoms with Gasteiger partial charge in [0.25, 0.3) is 5.91 Å². The number of pyridine rings is 1. The van der Waals surface area contributed by atoms with Crippen LogP contribution in [-0.4, -0.2) is 51.0 Å². The van der Waals surface area contributed by atoms with E-state index in [1.165, 1.54) is 0 Å². The second-order valence-corrected chi connectivity index (χ2v) is 9.15. The summed E-state index contributed by atoms with van der Waals surface area (Å²) < 4.78 is 7.95. The predicted octanol–water partition coefficient (Wildman–Crippen LogP) is 4.22. The Labute approximate surface area is 194 Å². The minimum absolute atomic E-state index is 0.0125. The second-order valence-electron chi connectivity index (χ2n) is 9.15. The standard InChI is InChI=1S/C25H32N6O2/c1-15(2)31-24-20(12-28-31)19(11-16(3)29-24)25(32)30-10-6-7-18(13-30)14-33-22-9-5-8-21(27)23(22)17(4)26/h5,8-9,11-12,15,18,26H,6-7,10,13-14,27H2,1-4H3. The highest BCUT2D eigenvalue weighted by molar-refractivity contribution is 6.05. The van der Waals surface area contributed by atoms with E-state index in [0.717, 1.165) is 36.1 Å². The normalized spacial score (nSPS) is 16.4. The predicted molar refractivity (Wildman–Crippen MR) is 130 cm³/mol. The number of benzene rings is 1. The Morgan fingerprint density at radius 1 is 1.36 bits per heavy atom. The molecule has 1 unspecified atom stereocenters. The lowest BCUT2D eigenvalue weighted by Gasteiger charge is -2.33. The van der Waals surface area contributed by atoms with Gasteiger partial charge in [-0.05, 0) is 58.7 Å². The van der Waals surface area contributed by atoms with Crippen LogP contribution in [0.4, 0.5) is 5.69 Å². The van der Waals surface area contributed by atoms with Gasteiger partial charge in [-0.25, -0.2) is 9.67 Å². The van der Waals surface area contributed by atoms with Gasteiger partial charge in [-0.1, -0.05) is 6.07 Å².